The zero-order valence-electron chi connectivity index (χ0n) is 32.5. The van der Waals surface area contributed by atoms with Crippen molar-refractivity contribution in [2.75, 3.05) is 51.7 Å². The standard InChI is InChI=1S/C46H48N4O7/c1-30-32(10-7-12-42(30)54-2)26-49(34-13-15-36(51)16-14-34)46(53)39-23-41(48-17-6-5-11-40(39)48)37-24-43-44(57-29-56-43)25-38(37)45(52)50-27-33-9-4-3-8-31(33)22-35(50)28-47-18-20-55-21-19-47/h3-4,7-10,12-16,23-25,35,51H,5-6,11,17-22,26-29H2,1-2H3. The van der Waals surface area contributed by atoms with Crippen LogP contribution in [0.1, 0.15) is 61.5 Å². The Morgan fingerprint density at radius 3 is 2.44 bits per heavy atom. The van der Waals surface area contributed by atoms with Crippen LogP contribution in [0.3, 0.4) is 0 Å². The number of morpholine rings is 1. The molecule has 4 aliphatic rings. The molecule has 11 nitrogen and oxygen atoms in total. The normalized spacial score (nSPS) is 17.5. The minimum Gasteiger partial charge on any atom is -0.508 e. The number of ether oxygens (including phenoxy) is 4. The summed E-state index contributed by atoms with van der Waals surface area (Å²) in [5.74, 6) is 1.75. The third-order valence-electron chi connectivity index (χ3n) is 12.0. The Kier molecular flexibility index (Phi) is 10.1. The van der Waals surface area contributed by atoms with Crippen molar-refractivity contribution < 1.29 is 33.6 Å². The highest BCUT2D eigenvalue weighted by atomic mass is 16.7. The van der Waals surface area contributed by atoms with E-state index in [0.29, 0.717) is 61.2 Å². The van der Waals surface area contributed by atoms with Gasteiger partial charge in [0, 0.05) is 61.4 Å². The Hall–Kier alpha value is -5.78. The first-order valence-electron chi connectivity index (χ1n) is 19.9. The number of aromatic nitrogens is 1. The van der Waals surface area contributed by atoms with Crippen molar-refractivity contribution in [1.29, 1.82) is 0 Å². The predicted molar refractivity (Wildman–Crippen MR) is 216 cm³/mol. The molecular weight excluding hydrogens is 721 g/mol. The van der Waals surface area contributed by atoms with Gasteiger partial charge in [0.25, 0.3) is 11.8 Å². The van der Waals surface area contributed by atoms with Crippen molar-refractivity contribution in [1.82, 2.24) is 14.4 Å². The lowest BCUT2D eigenvalue weighted by Crippen LogP contribution is -2.52. The molecule has 4 aliphatic heterocycles. The number of aromatic hydroxyl groups is 1. The molecule has 5 aromatic rings. The number of phenolic OH excluding ortho intramolecular Hbond substituents is 1. The van der Waals surface area contributed by atoms with Gasteiger partial charge in [-0.15, -0.1) is 0 Å². The molecule has 1 atom stereocenters. The van der Waals surface area contributed by atoms with Gasteiger partial charge in [0.2, 0.25) is 6.79 Å². The molecular formula is C46H48N4O7. The molecule has 2 amide bonds. The van der Waals surface area contributed by atoms with E-state index in [0.717, 1.165) is 84.7 Å². The van der Waals surface area contributed by atoms with Crippen LogP contribution >= 0.6 is 0 Å². The summed E-state index contributed by atoms with van der Waals surface area (Å²) in [7, 11) is 1.65. The first-order valence-corrected chi connectivity index (χ1v) is 19.9. The lowest BCUT2D eigenvalue weighted by molar-refractivity contribution is 0.0193. The number of anilines is 1. The molecule has 57 heavy (non-hydrogen) atoms. The average molecular weight is 769 g/mol. The van der Waals surface area contributed by atoms with Crippen LogP contribution in [0.5, 0.6) is 23.0 Å². The highest BCUT2D eigenvalue weighted by molar-refractivity contribution is 6.09. The number of carbonyl (C=O) groups excluding carboxylic acids is 2. The predicted octanol–water partition coefficient (Wildman–Crippen LogP) is 6.99. The maximum absolute atomic E-state index is 15.2. The largest absolute Gasteiger partial charge is 0.508 e. The van der Waals surface area contributed by atoms with Crippen molar-refractivity contribution in [3.05, 3.63) is 124 Å². The monoisotopic (exact) mass is 768 g/mol. The van der Waals surface area contributed by atoms with E-state index in [1.165, 1.54) is 5.56 Å². The average Bonchev–Trinajstić information content (AvgIpc) is 3.87. The molecule has 4 aromatic carbocycles. The summed E-state index contributed by atoms with van der Waals surface area (Å²) < 4.78 is 25.3. The molecule has 11 heteroatoms. The summed E-state index contributed by atoms with van der Waals surface area (Å²) in [5.41, 5.74) is 8.57. The Balaban J connectivity index is 1.14. The topological polar surface area (TPSA) is 106 Å². The fourth-order valence-electron chi connectivity index (χ4n) is 8.92. The van der Waals surface area contributed by atoms with Crippen LogP contribution in [-0.2, 0) is 37.2 Å². The van der Waals surface area contributed by atoms with Gasteiger partial charge in [-0.1, -0.05) is 36.4 Å². The third-order valence-corrected chi connectivity index (χ3v) is 12.0. The molecule has 0 radical (unpaired) electrons. The number of nitrogens with zero attached hydrogens (tertiary/aromatic N) is 4. The van der Waals surface area contributed by atoms with Gasteiger partial charge in [0.1, 0.15) is 11.5 Å². The van der Waals surface area contributed by atoms with Gasteiger partial charge in [-0.3, -0.25) is 14.5 Å². The van der Waals surface area contributed by atoms with Gasteiger partial charge < -0.3 is 38.4 Å². The van der Waals surface area contributed by atoms with Crippen LogP contribution in [0.4, 0.5) is 5.69 Å². The van der Waals surface area contributed by atoms with Gasteiger partial charge in [-0.05, 0) is 103 Å². The maximum atomic E-state index is 15.2. The van der Waals surface area contributed by atoms with E-state index in [9.17, 15) is 5.11 Å². The van der Waals surface area contributed by atoms with E-state index in [1.807, 2.05) is 54.3 Å². The van der Waals surface area contributed by atoms with Crippen LogP contribution in [0.15, 0.2) is 84.9 Å². The van der Waals surface area contributed by atoms with Gasteiger partial charge in [0.15, 0.2) is 11.5 Å². The molecule has 1 N–H and O–H groups in total. The molecule has 1 aromatic heterocycles. The van der Waals surface area contributed by atoms with Gasteiger partial charge in [0.05, 0.1) is 38.0 Å². The van der Waals surface area contributed by atoms with E-state index in [4.69, 9.17) is 18.9 Å². The second-order valence-corrected chi connectivity index (χ2v) is 15.4. The zero-order chi connectivity index (χ0) is 39.0. The number of hydrogen-bond acceptors (Lipinski definition) is 8. The summed E-state index contributed by atoms with van der Waals surface area (Å²) in [6.45, 7) is 7.37. The maximum Gasteiger partial charge on any atom is 0.260 e. The summed E-state index contributed by atoms with van der Waals surface area (Å²) in [4.78, 5) is 36.6. The number of phenols is 1. The molecule has 1 saturated heterocycles. The first-order chi connectivity index (χ1) is 27.9. The molecule has 0 bridgehead atoms. The smallest absolute Gasteiger partial charge is 0.260 e. The molecule has 0 aliphatic carbocycles. The zero-order valence-corrected chi connectivity index (χ0v) is 32.5. The van der Waals surface area contributed by atoms with Crippen LogP contribution in [0, 0.1) is 6.92 Å². The van der Waals surface area contributed by atoms with E-state index in [-0.39, 0.29) is 30.4 Å². The molecule has 5 heterocycles. The van der Waals surface area contributed by atoms with Crippen LogP contribution < -0.4 is 19.1 Å². The lowest BCUT2D eigenvalue weighted by Gasteiger charge is -2.40. The molecule has 1 unspecified atom stereocenters. The van der Waals surface area contributed by atoms with E-state index >= 15 is 9.59 Å². The number of benzene rings is 4. The van der Waals surface area contributed by atoms with Crippen molar-refractivity contribution in [3.8, 4) is 34.3 Å². The van der Waals surface area contributed by atoms with Crippen LogP contribution in [-0.4, -0.2) is 84.1 Å². The number of fused-ring (bicyclic) bond motifs is 3. The molecule has 9 rings (SSSR count). The van der Waals surface area contributed by atoms with E-state index in [1.54, 1.807) is 36.3 Å². The van der Waals surface area contributed by atoms with Gasteiger partial charge >= 0.3 is 0 Å². The Morgan fingerprint density at radius 1 is 0.877 bits per heavy atom. The van der Waals surface area contributed by atoms with Crippen LogP contribution in [0.25, 0.3) is 11.3 Å². The Morgan fingerprint density at radius 2 is 1.65 bits per heavy atom. The van der Waals surface area contributed by atoms with Gasteiger partial charge in [-0.25, -0.2) is 0 Å². The number of carbonyl (C=O) groups is 2. The molecule has 0 spiro atoms. The van der Waals surface area contributed by atoms with Crippen molar-refractivity contribution in [2.45, 2.75) is 58.3 Å². The summed E-state index contributed by atoms with van der Waals surface area (Å²) in [6.07, 6.45) is 3.38. The van der Waals surface area contributed by atoms with Gasteiger partial charge in [-0.2, -0.15) is 0 Å². The first kappa shape index (κ1) is 36.8. The van der Waals surface area contributed by atoms with Crippen LogP contribution in [0.2, 0.25) is 0 Å². The lowest BCUT2D eigenvalue weighted by atomic mass is 9.92. The Bertz CT molecular complexity index is 2310. The quantitative estimate of drug-likeness (QED) is 0.171. The highest BCUT2D eigenvalue weighted by Crippen LogP contribution is 2.43. The third kappa shape index (κ3) is 7.10. The number of methoxy groups -OCH3 is 1. The number of rotatable bonds is 9. The highest BCUT2D eigenvalue weighted by Gasteiger charge is 2.36. The SMILES string of the molecule is COc1cccc(CN(C(=O)c2cc(-c3cc4c(cc3C(=O)N3Cc5ccccc5CC3CN3CCOCC3)OCO4)n3c2CCCC3)c2ccc(O)cc2)c1C. The molecule has 1 fully saturated rings. The number of amides is 2. The Labute approximate surface area is 332 Å². The van der Waals surface area contributed by atoms with Crippen molar-refractivity contribution in [2.24, 2.45) is 0 Å². The summed E-state index contributed by atoms with van der Waals surface area (Å²) in [5, 5.41) is 10.2. The summed E-state index contributed by atoms with van der Waals surface area (Å²) >= 11 is 0. The second kappa shape index (κ2) is 15.6. The van der Waals surface area contributed by atoms with E-state index in [2.05, 4.69) is 27.7 Å². The number of hydrogen-bond donors (Lipinski definition) is 1. The fourth-order valence-corrected chi connectivity index (χ4v) is 8.92. The minimum absolute atomic E-state index is 0.0407. The van der Waals surface area contributed by atoms with Crippen molar-refractivity contribution >= 4 is 17.5 Å². The molecule has 294 valence electrons. The fraction of sp³-hybridized carbons (Fsp3) is 0.348. The minimum atomic E-state index is -0.161. The summed E-state index contributed by atoms with van der Waals surface area (Å²) in [6, 6.07) is 26.7. The second-order valence-electron chi connectivity index (χ2n) is 15.4. The van der Waals surface area contributed by atoms with E-state index < -0.39 is 0 Å². The van der Waals surface area contributed by atoms with Crippen molar-refractivity contribution in [3.63, 3.8) is 0 Å². The molecule has 0 saturated carbocycles.